The van der Waals surface area contributed by atoms with Crippen LogP contribution in [0.25, 0.3) is 5.69 Å². The zero-order valence-corrected chi connectivity index (χ0v) is 21.4. The van der Waals surface area contributed by atoms with Crippen molar-refractivity contribution in [3.8, 4) is 17.3 Å². The summed E-state index contributed by atoms with van der Waals surface area (Å²) in [6.07, 6.45) is 8.47. The van der Waals surface area contributed by atoms with Crippen LogP contribution >= 0.6 is 23.2 Å². The Morgan fingerprint density at radius 2 is 1.71 bits per heavy atom. The van der Waals surface area contributed by atoms with Crippen molar-refractivity contribution in [2.45, 2.75) is 64.5 Å². The van der Waals surface area contributed by atoms with Gasteiger partial charge in [-0.25, -0.2) is 4.79 Å². The van der Waals surface area contributed by atoms with E-state index in [2.05, 4.69) is 10.4 Å². The topological polar surface area (TPSA) is 65.4 Å². The quantitative estimate of drug-likeness (QED) is 0.317. The number of nitrogens with zero attached hydrogens (tertiary/aromatic N) is 2. The molecule has 0 unspecified atom stereocenters. The number of ether oxygens (including phenoxy) is 2. The summed E-state index contributed by atoms with van der Waals surface area (Å²) < 4.78 is 13.3. The molecule has 8 heteroatoms. The van der Waals surface area contributed by atoms with Gasteiger partial charge < -0.3 is 14.8 Å². The van der Waals surface area contributed by atoms with Crippen molar-refractivity contribution in [3.63, 3.8) is 0 Å². The number of carbonyl (C=O) groups is 1. The van der Waals surface area contributed by atoms with E-state index in [4.69, 9.17) is 32.7 Å². The smallest absolute Gasteiger partial charge is 0.359 e. The van der Waals surface area contributed by atoms with Crippen LogP contribution in [-0.2, 0) is 11.3 Å². The molecule has 0 bridgehead atoms. The fraction of sp³-hybridized carbons (Fsp3) is 0.407. The lowest BCUT2D eigenvalue weighted by Gasteiger charge is -2.21. The van der Waals surface area contributed by atoms with Gasteiger partial charge >= 0.3 is 5.97 Å². The number of para-hydroxylation sites is 1. The lowest BCUT2D eigenvalue weighted by molar-refractivity contribution is 0.0517. The Bertz CT molecular complexity index is 1120. The van der Waals surface area contributed by atoms with Gasteiger partial charge in [0.15, 0.2) is 5.69 Å². The molecular weight excluding hydrogens is 485 g/mol. The Labute approximate surface area is 216 Å². The molecule has 1 saturated carbocycles. The van der Waals surface area contributed by atoms with Crippen LogP contribution in [0.3, 0.4) is 0 Å². The third kappa shape index (κ3) is 6.57. The largest absolute Gasteiger partial charge is 0.461 e. The van der Waals surface area contributed by atoms with Crippen molar-refractivity contribution >= 4 is 29.2 Å². The van der Waals surface area contributed by atoms with Crippen LogP contribution in [0.4, 0.5) is 0 Å². The molecule has 186 valence electrons. The van der Waals surface area contributed by atoms with Gasteiger partial charge in [-0.2, -0.15) is 9.78 Å². The first-order valence-corrected chi connectivity index (χ1v) is 13.0. The van der Waals surface area contributed by atoms with Crippen LogP contribution in [0.15, 0.2) is 48.5 Å². The van der Waals surface area contributed by atoms with Crippen LogP contribution in [0.1, 0.15) is 67.9 Å². The fourth-order valence-corrected chi connectivity index (χ4v) is 4.71. The first-order chi connectivity index (χ1) is 17.1. The minimum absolute atomic E-state index is 0.217. The van der Waals surface area contributed by atoms with Crippen LogP contribution < -0.4 is 10.1 Å². The van der Waals surface area contributed by atoms with E-state index in [0.29, 0.717) is 45.5 Å². The fourth-order valence-electron chi connectivity index (χ4n) is 4.37. The molecular formula is C27H31Cl2N3O3. The van der Waals surface area contributed by atoms with E-state index < -0.39 is 5.97 Å². The lowest BCUT2D eigenvalue weighted by atomic mass is 9.96. The van der Waals surface area contributed by atoms with E-state index in [1.165, 1.54) is 32.1 Å². The molecule has 0 aliphatic heterocycles. The maximum Gasteiger partial charge on any atom is 0.359 e. The predicted molar refractivity (Wildman–Crippen MR) is 139 cm³/mol. The molecule has 0 atom stereocenters. The van der Waals surface area contributed by atoms with Crippen molar-refractivity contribution in [2.75, 3.05) is 6.61 Å². The number of aromatic nitrogens is 2. The van der Waals surface area contributed by atoms with E-state index in [-0.39, 0.29) is 12.3 Å². The van der Waals surface area contributed by atoms with E-state index in [1.54, 1.807) is 41.9 Å². The highest BCUT2D eigenvalue weighted by molar-refractivity contribution is 6.32. The Hall–Kier alpha value is -2.54. The van der Waals surface area contributed by atoms with Gasteiger partial charge in [0.2, 0.25) is 5.88 Å². The zero-order valence-electron chi connectivity index (χ0n) is 19.9. The average Bonchev–Trinajstić information content (AvgIpc) is 3.18. The number of rotatable bonds is 8. The molecule has 1 aliphatic rings. The van der Waals surface area contributed by atoms with Crippen LogP contribution in [0, 0.1) is 0 Å². The second kappa shape index (κ2) is 12.4. The van der Waals surface area contributed by atoms with Crippen molar-refractivity contribution in [2.24, 2.45) is 0 Å². The molecule has 35 heavy (non-hydrogen) atoms. The molecule has 1 aromatic heterocycles. The standard InChI is InChI=1S/C27H31Cl2N3O3/c1-2-34-27(33)25-22(18-30-20-10-6-4-3-5-7-11-20)26(35-21-16-14-19(28)15-17-21)32(31-25)24-13-9-8-12-23(24)29/h8-9,12-17,20,30H,2-7,10-11,18H2,1H3. The van der Waals surface area contributed by atoms with E-state index in [1.807, 2.05) is 18.2 Å². The second-order valence-corrected chi connectivity index (χ2v) is 9.54. The number of halogens is 2. The van der Waals surface area contributed by atoms with Crippen molar-refractivity contribution in [1.29, 1.82) is 0 Å². The predicted octanol–water partition coefficient (Wildman–Crippen LogP) is 7.35. The Balaban J connectivity index is 1.75. The summed E-state index contributed by atoms with van der Waals surface area (Å²) in [5, 5.41) is 9.40. The molecule has 4 rings (SSSR count). The highest BCUT2D eigenvalue weighted by Crippen LogP contribution is 2.34. The molecule has 1 N–H and O–H groups in total. The summed E-state index contributed by atoms with van der Waals surface area (Å²) >= 11 is 12.6. The van der Waals surface area contributed by atoms with Gasteiger partial charge in [0.1, 0.15) is 5.75 Å². The van der Waals surface area contributed by atoms with E-state index in [9.17, 15) is 4.79 Å². The van der Waals surface area contributed by atoms with Crippen LogP contribution in [0.2, 0.25) is 10.0 Å². The number of carbonyl (C=O) groups excluding carboxylic acids is 1. The number of hydrogen-bond acceptors (Lipinski definition) is 5. The SMILES string of the molecule is CCOC(=O)c1nn(-c2ccccc2Cl)c(Oc2ccc(Cl)cc2)c1CNC1CCCCCCC1. The van der Waals surface area contributed by atoms with Crippen molar-refractivity contribution in [3.05, 3.63) is 69.8 Å². The van der Waals surface area contributed by atoms with Crippen molar-refractivity contribution < 1.29 is 14.3 Å². The monoisotopic (exact) mass is 515 g/mol. The summed E-state index contributed by atoms with van der Waals surface area (Å²) in [4.78, 5) is 13.0. The number of nitrogens with one attached hydrogen (secondary N) is 1. The summed E-state index contributed by atoms with van der Waals surface area (Å²) in [5.74, 6) is 0.501. The molecule has 6 nitrogen and oxygen atoms in total. The van der Waals surface area contributed by atoms with Crippen molar-refractivity contribution in [1.82, 2.24) is 15.1 Å². The number of hydrogen-bond donors (Lipinski definition) is 1. The van der Waals surface area contributed by atoms with E-state index in [0.717, 1.165) is 12.8 Å². The minimum Gasteiger partial charge on any atom is -0.461 e. The van der Waals surface area contributed by atoms with Gasteiger partial charge in [0, 0.05) is 17.6 Å². The third-order valence-electron chi connectivity index (χ3n) is 6.19. The minimum atomic E-state index is -0.492. The maximum atomic E-state index is 13.0. The Kier molecular flexibility index (Phi) is 9.07. The van der Waals surface area contributed by atoms with Gasteiger partial charge in [-0.05, 0) is 56.2 Å². The average molecular weight is 516 g/mol. The molecule has 0 saturated heterocycles. The van der Waals surface area contributed by atoms with Crippen LogP contribution in [-0.4, -0.2) is 28.4 Å². The summed E-state index contributed by atoms with van der Waals surface area (Å²) in [6.45, 7) is 2.45. The first-order valence-electron chi connectivity index (χ1n) is 12.3. The zero-order chi connectivity index (χ0) is 24.6. The van der Waals surface area contributed by atoms with E-state index >= 15 is 0 Å². The Morgan fingerprint density at radius 1 is 1.03 bits per heavy atom. The molecule has 0 amide bonds. The molecule has 1 heterocycles. The van der Waals surface area contributed by atoms with Gasteiger partial charge in [-0.3, -0.25) is 0 Å². The molecule has 0 radical (unpaired) electrons. The highest BCUT2D eigenvalue weighted by Gasteiger charge is 2.28. The number of esters is 1. The number of benzene rings is 2. The molecule has 0 spiro atoms. The van der Waals surface area contributed by atoms with Crippen LogP contribution in [0.5, 0.6) is 11.6 Å². The summed E-state index contributed by atoms with van der Waals surface area (Å²) in [7, 11) is 0. The van der Waals surface area contributed by atoms with Gasteiger partial charge in [0.05, 0.1) is 22.9 Å². The normalized spacial score (nSPS) is 14.8. The highest BCUT2D eigenvalue weighted by atomic mass is 35.5. The second-order valence-electron chi connectivity index (χ2n) is 8.69. The molecule has 3 aromatic rings. The first kappa shape index (κ1) is 25.5. The van der Waals surface area contributed by atoms with Gasteiger partial charge in [-0.15, -0.1) is 0 Å². The summed E-state index contributed by atoms with van der Waals surface area (Å²) in [6, 6.07) is 14.8. The molecule has 1 fully saturated rings. The third-order valence-corrected chi connectivity index (χ3v) is 6.76. The molecule has 2 aromatic carbocycles. The van der Waals surface area contributed by atoms with Gasteiger partial charge in [0.25, 0.3) is 0 Å². The molecule has 1 aliphatic carbocycles. The summed E-state index contributed by atoms with van der Waals surface area (Å²) in [5.41, 5.74) is 1.47. The van der Waals surface area contributed by atoms with Gasteiger partial charge in [-0.1, -0.05) is 67.4 Å². The maximum absolute atomic E-state index is 13.0. The Morgan fingerprint density at radius 3 is 2.40 bits per heavy atom. The lowest BCUT2D eigenvalue weighted by Crippen LogP contribution is -2.30.